The number of hydrogen-bond donors (Lipinski definition) is 4. The fourth-order valence-electron chi connectivity index (χ4n) is 2.13. The van der Waals surface area contributed by atoms with Crippen molar-refractivity contribution in [1.29, 1.82) is 0 Å². The van der Waals surface area contributed by atoms with E-state index in [1.54, 1.807) is 0 Å². The van der Waals surface area contributed by atoms with Gasteiger partial charge in [-0.15, -0.1) is 0 Å². The van der Waals surface area contributed by atoms with Crippen molar-refractivity contribution >= 4 is 17.7 Å². The van der Waals surface area contributed by atoms with Crippen LogP contribution in [0.15, 0.2) is 0 Å². The van der Waals surface area contributed by atoms with E-state index in [9.17, 15) is 15.0 Å². The van der Waals surface area contributed by atoms with Crippen molar-refractivity contribution in [2.45, 2.75) is 32.1 Å². The highest BCUT2D eigenvalue weighted by Crippen LogP contribution is 2.31. The van der Waals surface area contributed by atoms with Gasteiger partial charge >= 0.3 is 0 Å². The molecule has 1 aliphatic rings. The SMILES string of the molecule is Nc1nc(O)c(O)c(NC(=O)C2CCCCC2)n1. The molecular formula is C11H16N4O3. The molecule has 7 nitrogen and oxygen atoms in total. The zero-order valence-corrected chi connectivity index (χ0v) is 9.89. The summed E-state index contributed by atoms with van der Waals surface area (Å²) in [6.45, 7) is 0. The summed E-state index contributed by atoms with van der Waals surface area (Å²) in [6.07, 6.45) is 4.87. The molecule has 0 bridgehead atoms. The van der Waals surface area contributed by atoms with E-state index in [-0.39, 0.29) is 23.6 Å². The monoisotopic (exact) mass is 252 g/mol. The minimum atomic E-state index is -0.638. The average molecular weight is 252 g/mol. The lowest BCUT2D eigenvalue weighted by Crippen LogP contribution is -2.25. The fourth-order valence-corrected chi connectivity index (χ4v) is 2.13. The van der Waals surface area contributed by atoms with Crippen LogP contribution in [0.5, 0.6) is 11.6 Å². The molecule has 0 aliphatic heterocycles. The van der Waals surface area contributed by atoms with E-state index in [0.29, 0.717) is 0 Å². The minimum absolute atomic E-state index is 0.0727. The van der Waals surface area contributed by atoms with Crippen LogP contribution in [0.25, 0.3) is 0 Å². The first kappa shape index (κ1) is 12.4. The second kappa shape index (κ2) is 5.07. The number of nitrogens with one attached hydrogen (secondary N) is 1. The Bertz CT molecular complexity index is 458. The Hall–Kier alpha value is -2.05. The number of rotatable bonds is 2. The molecule has 0 spiro atoms. The molecule has 2 rings (SSSR count). The number of carbonyl (C=O) groups excluding carboxylic acids is 1. The maximum atomic E-state index is 11.9. The predicted octanol–water partition coefficient (Wildman–Crippen LogP) is 0.989. The van der Waals surface area contributed by atoms with Crippen LogP contribution in [-0.2, 0) is 4.79 Å². The number of aromatic nitrogens is 2. The highest BCUT2D eigenvalue weighted by molar-refractivity contribution is 5.93. The van der Waals surface area contributed by atoms with Crippen LogP contribution in [0.2, 0.25) is 0 Å². The third kappa shape index (κ3) is 2.61. The van der Waals surface area contributed by atoms with Gasteiger partial charge in [0.1, 0.15) is 0 Å². The van der Waals surface area contributed by atoms with Gasteiger partial charge in [0.15, 0.2) is 5.82 Å². The predicted molar refractivity (Wildman–Crippen MR) is 65.0 cm³/mol. The zero-order chi connectivity index (χ0) is 13.1. The van der Waals surface area contributed by atoms with Gasteiger partial charge in [-0.25, -0.2) is 0 Å². The molecule has 98 valence electrons. The molecule has 18 heavy (non-hydrogen) atoms. The van der Waals surface area contributed by atoms with Crippen LogP contribution in [0.4, 0.5) is 11.8 Å². The number of nitrogens with two attached hydrogens (primary N) is 1. The highest BCUT2D eigenvalue weighted by Gasteiger charge is 2.23. The summed E-state index contributed by atoms with van der Waals surface area (Å²) < 4.78 is 0. The fraction of sp³-hybridized carbons (Fsp3) is 0.545. The molecule has 0 radical (unpaired) electrons. The molecule has 7 heteroatoms. The Kier molecular flexibility index (Phi) is 3.50. The Balaban J connectivity index is 2.11. The molecule has 1 fully saturated rings. The topological polar surface area (TPSA) is 121 Å². The van der Waals surface area contributed by atoms with E-state index in [1.807, 2.05) is 0 Å². The molecule has 0 aromatic carbocycles. The van der Waals surface area contributed by atoms with Crippen LogP contribution < -0.4 is 11.1 Å². The number of nitrogen functional groups attached to an aromatic ring is 1. The molecule has 1 aliphatic carbocycles. The lowest BCUT2D eigenvalue weighted by molar-refractivity contribution is -0.120. The Morgan fingerprint density at radius 2 is 1.89 bits per heavy atom. The van der Waals surface area contributed by atoms with Gasteiger partial charge in [0.2, 0.25) is 17.6 Å². The minimum Gasteiger partial charge on any atom is -0.501 e. The van der Waals surface area contributed by atoms with Crippen molar-refractivity contribution in [3.8, 4) is 11.6 Å². The van der Waals surface area contributed by atoms with Gasteiger partial charge in [-0.3, -0.25) is 4.79 Å². The lowest BCUT2D eigenvalue weighted by atomic mass is 9.89. The molecule has 1 aromatic rings. The number of carbonyl (C=O) groups is 1. The van der Waals surface area contributed by atoms with E-state index in [4.69, 9.17) is 5.73 Å². The summed E-state index contributed by atoms with van der Waals surface area (Å²) in [4.78, 5) is 19.0. The highest BCUT2D eigenvalue weighted by atomic mass is 16.3. The molecule has 1 aromatic heterocycles. The summed E-state index contributed by atoms with van der Waals surface area (Å²) in [7, 11) is 0. The van der Waals surface area contributed by atoms with Gasteiger partial charge in [0.25, 0.3) is 5.88 Å². The van der Waals surface area contributed by atoms with E-state index >= 15 is 0 Å². The van der Waals surface area contributed by atoms with Gasteiger partial charge < -0.3 is 21.3 Å². The van der Waals surface area contributed by atoms with Crippen LogP contribution in [-0.4, -0.2) is 26.1 Å². The largest absolute Gasteiger partial charge is 0.501 e. The summed E-state index contributed by atoms with van der Waals surface area (Å²) in [6, 6.07) is 0. The van der Waals surface area contributed by atoms with E-state index < -0.39 is 11.6 Å². The first-order chi connectivity index (χ1) is 8.58. The van der Waals surface area contributed by atoms with Gasteiger partial charge in [-0.05, 0) is 12.8 Å². The third-order valence-corrected chi connectivity index (χ3v) is 3.10. The molecule has 0 saturated heterocycles. The second-order valence-electron chi connectivity index (χ2n) is 4.43. The van der Waals surface area contributed by atoms with Crippen molar-refractivity contribution in [3.05, 3.63) is 0 Å². The normalized spacial score (nSPS) is 16.4. The van der Waals surface area contributed by atoms with E-state index in [1.165, 1.54) is 0 Å². The molecule has 0 atom stereocenters. The van der Waals surface area contributed by atoms with E-state index in [2.05, 4.69) is 15.3 Å². The Morgan fingerprint density at radius 3 is 2.56 bits per heavy atom. The van der Waals surface area contributed by atoms with Gasteiger partial charge in [-0.2, -0.15) is 9.97 Å². The average Bonchev–Trinajstić information content (AvgIpc) is 2.36. The quantitative estimate of drug-likeness (QED) is 0.622. The van der Waals surface area contributed by atoms with Gasteiger partial charge in [-0.1, -0.05) is 19.3 Å². The van der Waals surface area contributed by atoms with Gasteiger partial charge in [0, 0.05) is 5.92 Å². The van der Waals surface area contributed by atoms with Crippen LogP contribution in [0, 0.1) is 5.92 Å². The Labute approximate surface area is 104 Å². The van der Waals surface area contributed by atoms with Crippen LogP contribution in [0.3, 0.4) is 0 Å². The first-order valence-corrected chi connectivity index (χ1v) is 5.94. The van der Waals surface area contributed by atoms with Crippen LogP contribution in [0.1, 0.15) is 32.1 Å². The van der Waals surface area contributed by atoms with Crippen molar-refractivity contribution in [3.63, 3.8) is 0 Å². The maximum Gasteiger partial charge on any atom is 0.261 e. The standard InChI is InChI=1S/C11H16N4O3/c12-11-14-8(7(16)10(18)15-11)13-9(17)6-4-2-1-3-5-6/h6,16H,1-5H2,(H4,12,13,14,15,17,18). The molecule has 0 unspecified atom stereocenters. The zero-order valence-electron chi connectivity index (χ0n) is 9.89. The maximum absolute atomic E-state index is 11.9. The number of hydrogen-bond acceptors (Lipinski definition) is 6. The molecule has 5 N–H and O–H groups in total. The molecule has 1 amide bonds. The van der Waals surface area contributed by atoms with Crippen LogP contribution >= 0.6 is 0 Å². The molecule has 1 heterocycles. The summed E-state index contributed by atoms with van der Waals surface area (Å²) >= 11 is 0. The Morgan fingerprint density at radius 1 is 1.22 bits per heavy atom. The number of aromatic hydroxyl groups is 2. The van der Waals surface area contributed by atoms with Crippen molar-refractivity contribution < 1.29 is 15.0 Å². The van der Waals surface area contributed by atoms with Crippen molar-refractivity contribution in [2.75, 3.05) is 11.1 Å². The smallest absolute Gasteiger partial charge is 0.261 e. The number of nitrogens with zero attached hydrogens (tertiary/aromatic N) is 2. The molecular weight excluding hydrogens is 236 g/mol. The summed E-state index contributed by atoms with van der Waals surface area (Å²) in [5, 5.41) is 21.3. The summed E-state index contributed by atoms with van der Waals surface area (Å²) in [5.41, 5.74) is 5.34. The number of anilines is 2. The first-order valence-electron chi connectivity index (χ1n) is 5.94. The van der Waals surface area contributed by atoms with Crippen molar-refractivity contribution in [2.24, 2.45) is 5.92 Å². The number of amides is 1. The van der Waals surface area contributed by atoms with Gasteiger partial charge in [0.05, 0.1) is 0 Å². The second-order valence-corrected chi connectivity index (χ2v) is 4.43. The third-order valence-electron chi connectivity index (χ3n) is 3.10. The van der Waals surface area contributed by atoms with Crippen molar-refractivity contribution in [1.82, 2.24) is 9.97 Å². The van der Waals surface area contributed by atoms with E-state index in [0.717, 1.165) is 32.1 Å². The molecule has 1 saturated carbocycles. The summed E-state index contributed by atoms with van der Waals surface area (Å²) in [5.74, 6) is -1.83. The lowest BCUT2D eigenvalue weighted by Gasteiger charge is -2.20.